The molecule has 2 atom stereocenters. The van der Waals surface area contributed by atoms with Crippen LogP contribution in [0.3, 0.4) is 0 Å². The molecule has 0 aromatic heterocycles. The second kappa shape index (κ2) is 4.45. The highest BCUT2D eigenvalue weighted by Gasteiger charge is 2.44. The van der Waals surface area contributed by atoms with E-state index in [9.17, 15) is 9.59 Å². The molecular weight excluding hydrogens is 268 g/mol. The highest BCUT2D eigenvalue weighted by atomic mass is 16.6. The molecule has 4 nitrogen and oxygen atoms in total. The van der Waals surface area contributed by atoms with Gasteiger partial charge in [0.2, 0.25) is 0 Å². The number of ether oxygens (including phenoxy) is 2. The smallest absolute Gasteiger partial charge is 0.337 e. The van der Waals surface area contributed by atoms with Crippen LogP contribution in [0.2, 0.25) is 0 Å². The molecule has 1 heterocycles. The SMILES string of the molecule is COC(=O)c1ccc2c(c1)CCC1=C2CC2CC(=O)OC12. The molecular formula is C17H16O4. The van der Waals surface area contributed by atoms with E-state index in [0.717, 1.165) is 19.3 Å². The predicted octanol–water partition coefficient (Wildman–Crippen LogP) is 2.51. The Morgan fingerprint density at radius 1 is 1.29 bits per heavy atom. The molecule has 1 aromatic carbocycles. The number of fused-ring (bicyclic) bond motifs is 4. The number of carbonyl (C=O) groups is 2. The van der Waals surface area contributed by atoms with Gasteiger partial charge in [0.1, 0.15) is 6.10 Å². The average Bonchev–Trinajstić information content (AvgIpc) is 3.01. The molecule has 1 aromatic rings. The van der Waals surface area contributed by atoms with Crippen molar-refractivity contribution in [1.82, 2.24) is 0 Å². The van der Waals surface area contributed by atoms with Crippen LogP contribution in [-0.4, -0.2) is 25.2 Å². The van der Waals surface area contributed by atoms with Gasteiger partial charge in [0.25, 0.3) is 0 Å². The normalized spacial score (nSPS) is 26.0. The van der Waals surface area contributed by atoms with Crippen molar-refractivity contribution in [1.29, 1.82) is 0 Å². The van der Waals surface area contributed by atoms with Crippen LogP contribution in [0.25, 0.3) is 5.57 Å². The number of hydrogen-bond acceptors (Lipinski definition) is 4. The van der Waals surface area contributed by atoms with Crippen LogP contribution >= 0.6 is 0 Å². The van der Waals surface area contributed by atoms with Gasteiger partial charge >= 0.3 is 11.9 Å². The molecule has 108 valence electrons. The Kier molecular flexibility index (Phi) is 2.67. The van der Waals surface area contributed by atoms with E-state index in [4.69, 9.17) is 9.47 Å². The zero-order chi connectivity index (χ0) is 14.6. The van der Waals surface area contributed by atoms with Crippen LogP contribution in [0.4, 0.5) is 0 Å². The standard InChI is InChI=1S/C17H16O4/c1-20-17(19)10-3-4-12-9(6-10)2-5-13-14(12)7-11-8-15(18)21-16(11)13/h3-4,6,11,16H,2,5,7-8H2,1H3. The molecule has 4 heteroatoms. The zero-order valence-electron chi connectivity index (χ0n) is 11.8. The van der Waals surface area contributed by atoms with Crippen LogP contribution in [0.1, 0.15) is 40.7 Å². The van der Waals surface area contributed by atoms with Crippen molar-refractivity contribution in [2.24, 2.45) is 5.92 Å². The molecule has 1 aliphatic heterocycles. The van der Waals surface area contributed by atoms with Gasteiger partial charge in [0.05, 0.1) is 19.1 Å². The summed E-state index contributed by atoms with van der Waals surface area (Å²) in [5, 5.41) is 0. The molecule has 0 bridgehead atoms. The van der Waals surface area contributed by atoms with Crippen molar-refractivity contribution in [2.75, 3.05) is 7.11 Å². The monoisotopic (exact) mass is 284 g/mol. The lowest BCUT2D eigenvalue weighted by Gasteiger charge is -2.21. The number of benzene rings is 1. The minimum Gasteiger partial charge on any atom is -0.465 e. The van der Waals surface area contributed by atoms with Gasteiger partial charge in [-0.25, -0.2) is 4.79 Å². The van der Waals surface area contributed by atoms with Crippen LogP contribution in [0, 0.1) is 5.92 Å². The average molecular weight is 284 g/mol. The first-order valence-electron chi connectivity index (χ1n) is 7.30. The number of hydrogen-bond donors (Lipinski definition) is 0. The molecule has 4 rings (SSSR count). The van der Waals surface area contributed by atoms with Crippen LogP contribution in [0.5, 0.6) is 0 Å². The number of methoxy groups -OCH3 is 1. The van der Waals surface area contributed by atoms with Crippen LogP contribution in [-0.2, 0) is 20.7 Å². The molecule has 0 spiro atoms. The molecule has 3 aliphatic rings. The fourth-order valence-electron chi connectivity index (χ4n) is 3.89. The summed E-state index contributed by atoms with van der Waals surface area (Å²) in [5.74, 6) is -0.0492. The first kappa shape index (κ1) is 12.6. The third-order valence-electron chi connectivity index (χ3n) is 4.83. The molecule has 0 saturated carbocycles. The van der Waals surface area contributed by atoms with E-state index in [-0.39, 0.29) is 18.0 Å². The van der Waals surface area contributed by atoms with E-state index in [2.05, 4.69) is 0 Å². The first-order chi connectivity index (χ1) is 10.2. The Bertz CT molecular complexity index is 686. The van der Waals surface area contributed by atoms with Crippen molar-refractivity contribution in [3.63, 3.8) is 0 Å². The maximum Gasteiger partial charge on any atom is 0.337 e. The summed E-state index contributed by atoms with van der Waals surface area (Å²) in [7, 11) is 1.40. The van der Waals surface area contributed by atoms with Crippen molar-refractivity contribution < 1.29 is 19.1 Å². The molecule has 0 amide bonds. The number of esters is 2. The summed E-state index contributed by atoms with van der Waals surface area (Å²) in [6.07, 6.45) is 3.26. The van der Waals surface area contributed by atoms with Gasteiger partial charge in [0, 0.05) is 5.92 Å². The highest BCUT2D eigenvalue weighted by Crippen LogP contribution is 2.49. The lowest BCUT2D eigenvalue weighted by atomic mass is 9.85. The Balaban J connectivity index is 1.73. The Hall–Kier alpha value is -2.10. The van der Waals surface area contributed by atoms with E-state index < -0.39 is 0 Å². The van der Waals surface area contributed by atoms with Gasteiger partial charge in [-0.1, -0.05) is 6.07 Å². The summed E-state index contributed by atoms with van der Waals surface area (Å²) < 4.78 is 10.3. The minimum absolute atomic E-state index is 0.000864. The largest absolute Gasteiger partial charge is 0.465 e. The maximum absolute atomic E-state index is 11.6. The lowest BCUT2D eigenvalue weighted by Crippen LogP contribution is -2.15. The molecule has 2 aliphatic carbocycles. The second-order valence-electron chi connectivity index (χ2n) is 5.95. The van der Waals surface area contributed by atoms with Crippen LogP contribution < -0.4 is 0 Å². The van der Waals surface area contributed by atoms with Gasteiger partial charge < -0.3 is 9.47 Å². The fourth-order valence-corrected chi connectivity index (χ4v) is 3.89. The van der Waals surface area contributed by atoms with Gasteiger partial charge in [-0.15, -0.1) is 0 Å². The molecule has 1 fully saturated rings. The summed E-state index contributed by atoms with van der Waals surface area (Å²) in [5.41, 5.74) is 5.64. The minimum atomic E-state index is -0.296. The molecule has 1 saturated heterocycles. The first-order valence-corrected chi connectivity index (χ1v) is 7.30. The Morgan fingerprint density at radius 3 is 2.95 bits per heavy atom. The third kappa shape index (κ3) is 1.82. The van der Waals surface area contributed by atoms with E-state index in [0.29, 0.717) is 17.9 Å². The number of allylic oxidation sites excluding steroid dienone is 1. The van der Waals surface area contributed by atoms with Gasteiger partial charge in [-0.2, -0.15) is 0 Å². The fraction of sp³-hybridized carbons (Fsp3) is 0.412. The Morgan fingerprint density at radius 2 is 2.14 bits per heavy atom. The van der Waals surface area contributed by atoms with Gasteiger partial charge in [-0.3, -0.25) is 4.79 Å². The van der Waals surface area contributed by atoms with Crippen LogP contribution in [0.15, 0.2) is 23.8 Å². The van der Waals surface area contributed by atoms with E-state index in [1.807, 2.05) is 18.2 Å². The van der Waals surface area contributed by atoms with Gasteiger partial charge in [0.15, 0.2) is 0 Å². The molecule has 0 radical (unpaired) electrons. The van der Waals surface area contributed by atoms with E-state index in [1.54, 1.807) is 0 Å². The van der Waals surface area contributed by atoms with E-state index in [1.165, 1.54) is 29.4 Å². The summed E-state index contributed by atoms with van der Waals surface area (Å²) in [6, 6.07) is 5.77. The van der Waals surface area contributed by atoms with Crippen molar-refractivity contribution in [3.8, 4) is 0 Å². The topological polar surface area (TPSA) is 52.6 Å². The zero-order valence-corrected chi connectivity index (χ0v) is 11.8. The Labute approximate surface area is 122 Å². The summed E-state index contributed by atoms with van der Waals surface area (Å²) >= 11 is 0. The summed E-state index contributed by atoms with van der Waals surface area (Å²) in [6.45, 7) is 0. The highest BCUT2D eigenvalue weighted by molar-refractivity contribution is 5.91. The third-order valence-corrected chi connectivity index (χ3v) is 4.83. The molecule has 21 heavy (non-hydrogen) atoms. The molecule has 0 N–H and O–H groups in total. The number of aryl methyl sites for hydroxylation is 1. The van der Waals surface area contributed by atoms with Crippen molar-refractivity contribution in [2.45, 2.75) is 31.8 Å². The number of rotatable bonds is 1. The second-order valence-corrected chi connectivity index (χ2v) is 5.95. The van der Waals surface area contributed by atoms with Crippen molar-refractivity contribution in [3.05, 3.63) is 40.5 Å². The van der Waals surface area contributed by atoms with Gasteiger partial charge in [-0.05, 0) is 53.7 Å². The predicted molar refractivity (Wildman–Crippen MR) is 75.6 cm³/mol. The van der Waals surface area contributed by atoms with Crippen molar-refractivity contribution >= 4 is 17.5 Å². The van der Waals surface area contributed by atoms with E-state index >= 15 is 0 Å². The molecule has 2 unspecified atom stereocenters. The number of carbonyl (C=O) groups excluding carboxylic acids is 2. The quantitative estimate of drug-likeness (QED) is 0.744. The summed E-state index contributed by atoms with van der Waals surface area (Å²) in [4.78, 5) is 23.1. The lowest BCUT2D eigenvalue weighted by molar-refractivity contribution is -0.140. The maximum atomic E-state index is 11.6.